The number of aliphatic hydroxyl groups excluding tert-OH is 2. The lowest BCUT2D eigenvalue weighted by molar-refractivity contribution is -0.137. The Morgan fingerprint density at radius 3 is 2.38 bits per heavy atom. The van der Waals surface area contributed by atoms with Crippen molar-refractivity contribution in [2.24, 2.45) is 5.92 Å². The molecule has 4 aliphatic rings. The predicted octanol–water partition coefficient (Wildman–Crippen LogP) is 3.10. The second-order valence-electron chi connectivity index (χ2n) is 13.6. The number of hydrogen-bond donors (Lipinski definition) is 4. The molecule has 2 aromatic heterocycles. The number of likely N-dealkylation sites (tertiary alicyclic amines) is 1. The summed E-state index contributed by atoms with van der Waals surface area (Å²) in [6, 6.07) is 16.7. The summed E-state index contributed by atoms with van der Waals surface area (Å²) in [5.74, 6) is 6.27. The largest absolute Gasteiger partial charge is 0.445 e. The van der Waals surface area contributed by atoms with Crippen molar-refractivity contribution in [3.8, 4) is 23.0 Å². The summed E-state index contributed by atoms with van der Waals surface area (Å²) in [7, 11) is 0. The van der Waals surface area contributed by atoms with Crippen molar-refractivity contribution in [1.82, 2.24) is 29.7 Å². The summed E-state index contributed by atoms with van der Waals surface area (Å²) in [5, 5.41) is 24.1. The standard InChI is InChI=1S/C37H39N7O6/c1-20(28-25-10-4-2-8-23(25)24-9-3-5-11-26(24)28)49-37(48)43-17-15-21(16-18-43)7-6-12-27-41-33(38)29-34(42-27)44(19-39-29)36-31(46)30(45)32(50-36)35(47)40-22-13-14-22/h2-5,8-11,19-22,28,30-32,36,45-46H,7,13-18H2,1H3,(H,40,47)(H2,38,41,42)/t20?,30?,31?,32-,36+/m0/s1. The molecule has 3 fully saturated rings. The Kier molecular flexibility index (Phi) is 8.38. The summed E-state index contributed by atoms with van der Waals surface area (Å²) >= 11 is 0. The van der Waals surface area contributed by atoms with Crippen molar-refractivity contribution in [3.05, 3.63) is 71.8 Å². The number of imidazole rings is 1. The predicted molar refractivity (Wildman–Crippen MR) is 182 cm³/mol. The molecule has 5 atom stereocenters. The molecule has 2 aromatic carbocycles. The highest BCUT2D eigenvalue weighted by atomic mass is 16.6. The molecule has 0 radical (unpaired) electrons. The van der Waals surface area contributed by atoms with E-state index in [2.05, 4.69) is 56.4 Å². The van der Waals surface area contributed by atoms with Crippen LogP contribution >= 0.6 is 0 Å². The van der Waals surface area contributed by atoms with Gasteiger partial charge in [-0.25, -0.2) is 19.7 Å². The van der Waals surface area contributed by atoms with E-state index >= 15 is 0 Å². The van der Waals surface area contributed by atoms with E-state index in [1.54, 1.807) is 4.90 Å². The third-order valence-corrected chi connectivity index (χ3v) is 10.2. The maximum atomic E-state index is 13.3. The number of anilines is 1. The van der Waals surface area contributed by atoms with Gasteiger partial charge in [0, 0.05) is 31.5 Å². The van der Waals surface area contributed by atoms with Gasteiger partial charge in [-0.2, -0.15) is 0 Å². The first kappa shape index (κ1) is 32.2. The van der Waals surface area contributed by atoms with Crippen LogP contribution in [0.3, 0.4) is 0 Å². The number of carbonyl (C=O) groups excluding carboxylic acids is 2. The van der Waals surface area contributed by atoms with Gasteiger partial charge in [0.2, 0.25) is 5.82 Å². The number of nitrogens with zero attached hydrogens (tertiary/aromatic N) is 5. The van der Waals surface area contributed by atoms with E-state index in [1.807, 2.05) is 31.2 Å². The number of piperidine rings is 1. The maximum absolute atomic E-state index is 13.3. The molecule has 258 valence electrons. The quantitative estimate of drug-likeness (QED) is 0.222. The highest BCUT2D eigenvalue weighted by molar-refractivity contribution is 5.84. The molecule has 13 heteroatoms. The molecule has 0 bridgehead atoms. The van der Waals surface area contributed by atoms with Crippen molar-refractivity contribution in [2.75, 3.05) is 18.8 Å². The summed E-state index contributed by atoms with van der Waals surface area (Å²) < 4.78 is 13.3. The average molecular weight is 678 g/mol. The monoisotopic (exact) mass is 677 g/mol. The van der Waals surface area contributed by atoms with Gasteiger partial charge in [0.1, 0.15) is 23.8 Å². The molecule has 0 spiro atoms. The van der Waals surface area contributed by atoms with Crippen LogP contribution in [0.1, 0.15) is 68.1 Å². The molecule has 3 unspecified atom stereocenters. The first-order valence-corrected chi connectivity index (χ1v) is 17.2. The molecule has 2 saturated heterocycles. The zero-order valence-electron chi connectivity index (χ0n) is 27.6. The number of rotatable bonds is 6. The third kappa shape index (κ3) is 5.93. The molecule has 8 rings (SSSR count). The van der Waals surface area contributed by atoms with Gasteiger partial charge in [-0.1, -0.05) is 54.5 Å². The Hall–Kier alpha value is -5.03. The molecule has 4 heterocycles. The molecule has 13 nitrogen and oxygen atoms in total. The molecule has 50 heavy (non-hydrogen) atoms. The number of aliphatic hydroxyl groups is 2. The molecule has 2 aliphatic carbocycles. The van der Waals surface area contributed by atoms with E-state index < -0.39 is 30.4 Å². The van der Waals surface area contributed by atoms with Crippen LogP contribution in [-0.2, 0) is 14.3 Å². The highest BCUT2D eigenvalue weighted by Crippen LogP contribution is 2.47. The van der Waals surface area contributed by atoms with Crippen LogP contribution in [0, 0.1) is 17.8 Å². The molecular weight excluding hydrogens is 638 g/mol. The number of nitrogens with one attached hydrogen (secondary N) is 1. The first-order valence-electron chi connectivity index (χ1n) is 17.2. The SMILES string of the molecule is CC(OC(=O)N1CCC(CC#Cc2nc(N)c3ncn([C@@H]4O[C@H](C(=O)NC5CC5)C(O)C4O)c3n2)CC1)C1c2ccccc2-c2ccccc21. The summed E-state index contributed by atoms with van der Waals surface area (Å²) in [6.45, 7) is 3.14. The van der Waals surface area contributed by atoms with E-state index in [4.69, 9.17) is 15.2 Å². The van der Waals surface area contributed by atoms with Crippen molar-refractivity contribution in [2.45, 2.75) is 81.6 Å². The number of carbonyl (C=O) groups is 2. The summed E-state index contributed by atoms with van der Waals surface area (Å²) in [6.07, 6.45) is -0.453. The second kappa shape index (κ2) is 13.0. The summed E-state index contributed by atoms with van der Waals surface area (Å²) in [5.41, 5.74) is 11.5. The lowest BCUT2D eigenvalue weighted by atomic mass is 9.92. The van der Waals surface area contributed by atoms with Crippen LogP contribution in [0.5, 0.6) is 0 Å². The van der Waals surface area contributed by atoms with Crippen LogP contribution in [0.15, 0.2) is 54.9 Å². The Bertz CT molecular complexity index is 1960. The van der Waals surface area contributed by atoms with E-state index in [9.17, 15) is 19.8 Å². The smallest absolute Gasteiger partial charge is 0.410 e. The van der Waals surface area contributed by atoms with Crippen LogP contribution in [0.4, 0.5) is 10.6 Å². The van der Waals surface area contributed by atoms with Gasteiger partial charge >= 0.3 is 6.09 Å². The lowest BCUT2D eigenvalue weighted by Gasteiger charge is -2.32. The van der Waals surface area contributed by atoms with Crippen molar-refractivity contribution >= 4 is 29.0 Å². The van der Waals surface area contributed by atoms with Gasteiger partial charge in [0.25, 0.3) is 5.91 Å². The molecule has 2 amide bonds. The zero-order valence-corrected chi connectivity index (χ0v) is 27.6. The van der Waals surface area contributed by atoms with Crippen molar-refractivity contribution in [3.63, 3.8) is 0 Å². The zero-order chi connectivity index (χ0) is 34.5. The maximum Gasteiger partial charge on any atom is 0.410 e. The second-order valence-corrected chi connectivity index (χ2v) is 13.6. The van der Waals surface area contributed by atoms with Crippen LogP contribution in [-0.4, -0.2) is 90.2 Å². The fraction of sp³-hybridized carbons (Fsp3) is 0.432. The minimum atomic E-state index is -1.42. The van der Waals surface area contributed by atoms with Gasteiger partial charge in [-0.3, -0.25) is 9.36 Å². The number of fused-ring (bicyclic) bond motifs is 4. The van der Waals surface area contributed by atoms with Crippen molar-refractivity contribution < 1.29 is 29.3 Å². The van der Waals surface area contributed by atoms with Gasteiger partial charge < -0.3 is 35.6 Å². The Labute approximate surface area is 288 Å². The Balaban J connectivity index is 0.880. The van der Waals surface area contributed by atoms with Gasteiger partial charge in [0.05, 0.1) is 6.33 Å². The fourth-order valence-electron chi connectivity index (χ4n) is 7.39. The minimum absolute atomic E-state index is 0.00834. The molecular formula is C37H39N7O6. The van der Waals surface area contributed by atoms with Gasteiger partial charge in [-0.05, 0) is 66.7 Å². The molecule has 4 aromatic rings. The number of benzene rings is 2. The third-order valence-electron chi connectivity index (χ3n) is 10.2. The molecule has 5 N–H and O–H groups in total. The number of hydrogen-bond acceptors (Lipinski definition) is 10. The van der Waals surface area contributed by atoms with Crippen LogP contribution < -0.4 is 11.1 Å². The number of aromatic nitrogens is 4. The average Bonchev–Trinajstić information content (AvgIpc) is 3.61. The molecule has 2 aliphatic heterocycles. The van der Waals surface area contributed by atoms with Crippen molar-refractivity contribution in [1.29, 1.82) is 0 Å². The van der Waals surface area contributed by atoms with E-state index in [0.29, 0.717) is 25.0 Å². The van der Waals surface area contributed by atoms with Gasteiger partial charge in [0.15, 0.2) is 23.8 Å². The van der Waals surface area contributed by atoms with Crippen LogP contribution in [0.25, 0.3) is 22.3 Å². The highest BCUT2D eigenvalue weighted by Gasteiger charge is 2.48. The Morgan fingerprint density at radius 2 is 1.70 bits per heavy atom. The lowest BCUT2D eigenvalue weighted by Crippen LogP contribution is -2.43. The number of nitrogens with two attached hydrogens (primary N) is 1. The van der Waals surface area contributed by atoms with Crippen LogP contribution in [0.2, 0.25) is 0 Å². The van der Waals surface area contributed by atoms with E-state index in [1.165, 1.54) is 33.1 Å². The van der Waals surface area contributed by atoms with Gasteiger partial charge in [-0.15, -0.1) is 0 Å². The van der Waals surface area contributed by atoms with E-state index in [0.717, 1.165) is 25.7 Å². The Morgan fingerprint density at radius 1 is 1.02 bits per heavy atom. The number of nitrogen functional groups attached to an aromatic ring is 1. The number of ether oxygens (including phenoxy) is 2. The summed E-state index contributed by atoms with van der Waals surface area (Å²) in [4.78, 5) is 40.7. The number of amides is 2. The molecule has 1 saturated carbocycles. The minimum Gasteiger partial charge on any atom is -0.445 e. The fourth-order valence-corrected chi connectivity index (χ4v) is 7.39. The normalized spacial score (nSPS) is 23.9. The first-order chi connectivity index (χ1) is 24.3. The topological polar surface area (TPSA) is 178 Å². The van der Waals surface area contributed by atoms with E-state index in [-0.39, 0.29) is 47.4 Å².